The first-order valence-corrected chi connectivity index (χ1v) is 10.1. The van der Waals surface area contributed by atoms with Crippen LogP contribution >= 0.6 is 11.3 Å². The minimum absolute atomic E-state index is 0.211. The summed E-state index contributed by atoms with van der Waals surface area (Å²) in [6.07, 6.45) is 3.18. The van der Waals surface area contributed by atoms with Gasteiger partial charge >= 0.3 is 0 Å². The van der Waals surface area contributed by atoms with Gasteiger partial charge in [0.1, 0.15) is 5.01 Å². The molecule has 0 aliphatic carbocycles. The molecule has 2 aliphatic heterocycles. The van der Waals surface area contributed by atoms with Crippen LogP contribution in [0.15, 0.2) is 48.5 Å². The first-order valence-electron chi connectivity index (χ1n) is 9.27. The molecule has 0 bridgehead atoms. The minimum atomic E-state index is 0.211. The molecule has 0 saturated carbocycles. The van der Waals surface area contributed by atoms with Crippen LogP contribution in [0.25, 0.3) is 10.2 Å². The fraction of sp³-hybridized carbons (Fsp3) is 0.333. The third-order valence-electron chi connectivity index (χ3n) is 5.49. The van der Waals surface area contributed by atoms with Crippen molar-refractivity contribution in [2.75, 3.05) is 24.5 Å². The number of likely N-dealkylation sites (tertiary alicyclic amines) is 1. The lowest BCUT2D eigenvalue weighted by Gasteiger charge is -2.25. The van der Waals surface area contributed by atoms with Gasteiger partial charge in [-0.2, -0.15) is 0 Å². The molecule has 0 N–H and O–H groups in total. The van der Waals surface area contributed by atoms with E-state index in [9.17, 15) is 4.79 Å². The van der Waals surface area contributed by atoms with Crippen molar-refractivity contribution in [1.29, 1.82) is 0 Å². The number of hydrogen-bond donors (Lipinski definition) is 0. The third kappa shape index (κ3) is 2.72. The molecule has 1 aromatic heterocycles. The summed E-state index contributed by atoms with van der Waals surface area (Å²) >= 11 is 1.77. The highest BCUT2D eigenvalue weighted by Gasteiger charge is 2.32. The zero-order chi connectivity index (χ0) is 17.5. The number of carbonyl (C=O) groups is 1. The predicted molar refractivity (Wildman–Crippen MR) is 106 cm³/mol. The van der Waals surface area contributed by atoms with Crippen LogP contribution in [0.5, 0.6) is 0 Å². The van der Waals surface area contributed by atoms with E-state index in [2.05, 4.69) is 41.3 Å². The Bertz CT molecular complexity index is 934. The molecule has 5 heteroatoms. The maximum Gasteiger partial charge on any atom is 0.241 e. The van der Waals surface area contributed by atoms with E-state index in [0.29, 0.717) is 6.54 Å². The molecule has 4 nitrogen and oxygen atoms in total. The molecular weight excluding hydrogens is 342 g/mol. The number of nitrogens with zero attached hydrogens (tertiary/aromatic N) is 3. The Morgan fingerprint density at radius 1 is 1.12 bits per heavy atom. The van der Waals surface area contributed by atoms with Gasteiger partial charge in [-0.1, -0.05) is 30.3 Å². The first kappa shape index (κ1) is 16.0. The number of hydrogen-bond acceptors (Lipinski definition) is 4. The fourth-order valence-corrected chi connectivity index (χ4v) is 5.32. The van der Waals surface area contributed by atoms with E-state index in [4.69, 9.17) is 4.98 Å². The quantitative estimate of drug-likeness (QED) is 0.705. The zero-order valence-corrected chi connectivity index (χ0v) is 15.4. The van der Waals surface area contributed by atoms with Crippen molar-refractivity contribution >= 4 is 33.1 Å². The van der Waals surface area contributed by atoms with Gasteiger partial charge in [0, 0.05) is 12.2 Å². The number of amides is 1. The summed E-state index contributed by atoms with van der Waals surface area (Å²) in [6, 6.07) is 16.8. The molecular formula is C21H21N3OS. The Hall–Kier alpha value is -2.24. The lowest BCUT2D eigenvalue weighted by atomic mass is 10.2. The molecule has 3 heterocycles. The number of carbonyl (C=O) groups excluding carboxylic acids is 1. The van der Waals surface area contributed by atoms with Crippen molar-refractivity contribution in [2.24, 2.45) is 0 Å². The monoisotopic (exact) mass is 363 g/mol. The second kappa shape index (κ2) is 6.49. The maximum atomic E-state index is 13.0. The fourth-order valence-electron chi connectivity index (χ4n) is 4.18. The average molecular weight is 363 g/mol. The number of para-hydroxylation sites is 2. The smallest absolute Gasteiger partial charge is 0.241 e. The number of thiazole rings is 1. The van der Waals surface area contributed by atoms with Crippen LogP contribution in [0.1, 0.15) is 29.5 Å². The standard InChI is InChI=1S/C21H21N3OS/c25-20(24-13-11-15-6-1-3-8-17(15)24)14-23-12-5-9-18(23)21-22-16-7-2-4-10-19(16)26-21/h1-4,6-8,10,18H,5,9,11-14H2/t18-/m1/s1. The molecule has 0 radical (unpaired) electrons. The van der Waals surface area contributed by atoms with E-state index in [1.807, 2.05) is 17.0 Å². The van der Waals surface area contributed by atoms with E-state index >= 15 is 0 Å². The summed E-state index contributed by atoms with van der Waals surface area (Å²) in [4.78, 5) is 22.1. The van der Waals surface area contributed by atoms with Crippen LogP contribution in [0.4, 0.5) is 5.69 Å². The summed E-state index contributed by atoms with van der Waals surface area (Å²) in [6.45, 7) is 2.26. The summed E-state index contributed by atoms with van der Waals surface area (Å²) in [5, 5.41) is 1.15. The van der Waals surface area contributed by atoms with Crippen molar-refractivity contribution in [3.05, 3.63) is 59.1 Å². The topological polar surface area (TPSA) is 36.4 Å². The van der Waals surface area contributed by atoms with Gasteiger partial charge in [-0.25, -0.2) is 4.98 Å². The number of benzene rings is 2. The Labute approximate surface area is 157 Å². The van der Waals surface area contributed by atoms with E-state index in [0.717, 1.165) is 48.6 Å². The van der Waals surface area contributed by atoms with Crippen LogP contribution in [-0.2, 0) is 11.2 Å². The van der Waals surface area contributed by atoms with Crippen molar-refractivity contribution in [3.8, 4) is 0 Å². The van der Waals surface area contributed by atoms with E-state index in [-0.39, 0.29) is 11.9 Å². The predicted octanol–water partition coefficient (Wildman–Crippen LogP) is 4.02. The largest absolute Gasteiger partial charge is 0.311 e. The Morgan fingerprint density at radius 3 is 2.88 bits per heavy atom. The van der Waals surface area contributed by atoms with Crippen LogP contribution in [0.3, 0.4) is 0 Å². The van der Waals surface area contributed by atoms with Crippen LogP contribution in [-0.4, -0.2) is 35.4 Å². The van der Waals surface area contributed by atoms with Crippen molar-refractivity contribution in [1.82, 2.24) is 9.88 Å². The summed E-state index contributed by atoms with van der Waals surface area (Å²) < 4.78 is 1.23. The lowest BCUT2D eigenvalue weighted by Crippen LogP contribution is -2.39. The van der Waals surface area contributed by atoms with Gasteiger partial charge < -0.3 is 4.90 Å². The first-order chi connectivity index (χ1) is 12.8. The lowest BCUT2D eigenvalue weighted by molar-refractivity contribution is -0.119. The summed E-state index contributed by atoms with van der Waals surface area (Å²) in [5.41, 5.74) is 3.44. The van der Waals surface area contributed by atoms with Crippen molar-refractivity contribution < 1.29 is 4.79 Å². The molecule has 1 atom stereocenters. The van der Waals surface area contributed by atoms with Gasteiger partial charge in [-0.05, 0) is 49.6 Å². The molecule has 5 rings (SSSR count). The zero-order valence-electron chi connectivity index (χ0n) is 14.6. The van der Waals surface area contributed by atoms with Crippen molar-refractivity contribution in [3.63, 3.8) is 0 Å². The van der Waals surface area contributed by atoms with Crippen LogP contribution < -0.4 is 4.90 Å². The third-order valence-corrected chi connectivity index (χ3v) is 6.62. The second-order valence-electron chi connectivity index (χ2n) is 7.07. The number of rotatable bonds is 3. The molecule has 1 fully saturated rings. The number of aromatic nitrogens is 1. The SMILES string of the molecule is O=C(CN1CCC[C@@H]1c1nc2ccccc2s1)N1CCc2ccccc21. The highest BCUT2D eigenvalue weighted by molar-refractivity contribution is 7.18. The number of anilines is 1. The Kier molecular flexibility index (Phi) is 3.98. The Balaban J connectivity index is 1.36. The Morgan fingerprint density at radius 2 is 1.96 bits per heavy atom. The molecule has 2 aliphatic rings. The van der Waals surface area contributed by atoms with Gasteiger partial charge in [-0.15, -0.1) is 11.3 Å². The molecule has 2 aromatic carbocycles. The maximum absolute atomic E-state index is 13.0. The van der Waals surface area contributed by atoms with E-state index in [1.54, 1.807) is 11.3 Å². The van der Waals surface area contributed by atoms with Gasteiger partial charge in [0.25, 0.3) is 0 Å². The summed E-state index contributed by atoms with van der Waals surface area (Å²) in [5.74, 6) is 0.211. The number of fused-ring (bicyclic) bond motifs is 2. The van der Waals surface area contributed by atoms with Gasteiger partial charge in [0.15, 0.2) is 0 Å². The average Bonchev–Trinajstić information content (AvgIpc) is 3.38. The minimum Gasteiger partial charge on any atom is -0.311 e. The molecule has 132 valence electrons. The van der Waals surface area contributed by atoms with Crippen LogP contribution in [0.2, 0.25) is 0 Å². The van der Waals surface area contributed by atoms with Crippen molar-refractivity contribution in [2.45, 2.75) is 25.3 Å². The van der Waals surface area contributed by atoms with Gasteiger partial charge in [0.05, 0.1) is 22.8 Å². The highest BCUT2D eigenvalue weighted by Crippen LogP contribution is 2.36. The van der Waals surface area contributed by atoms with E-state index < -0.39 is 0 Å². The molecule has 0 spiro atoms. The van der Waals surface area contributed by atoms with Crippen LogP contribution in [0, 0.1) is 0 Å². The molecule has 0 unspecified atom stereocenters. The van der Waals surface area contributed by atoms with Gasteiger partial charge in [0.2, 0.25) is 5.91 Å². The normalized spacial score (nSPS) is 20.0. The molecule has 3 aromatic rings. The summed E-state index contributed by atoms with van der Waals surface area (Å²) in [7, 11) is 0. The molecule has 1 amide bonds. The molecule has 1 saturated heterocycles. The highest BCUT2D eigenvalue weighted by atomic mass is 32.1. The molecule has 26 heavy (non-hydrogen) atoms. The van der Waals surface area contributed by atoms with E-state index in [1.165, 1.54) is 10.3 Å². The second-order valence-corrected chi connectivity index (χ2v) is 8.13. The van der Waals surface area contributed by atoms with Gasteiger partial charge in [-0.3, -0.25) is 9.69 Å².